The first-order valence-electron chi connectivity index (χ1n) is 14.7. The molecule has 0 unspecified atom stereocenters. The second kappa shape index (κ2) is 19.2. The zero-order valence-corrected chi connectivity index (χ0v) is 32.1. The Bertz CT molecular complexity index is 2380. The number of para-hydroxylation sites is 2. The number of rotatable bonds is 8. The number of sulfonamides is 2. The molecule has 0 fully saturated rings. The molecule has 23 heteroatoms. The van der Waals surface area contributed by atoms with E-state index in [1.165, 1.54) is 9.36 Å². The van der Waals surface area contributed by atoms with Crippen LogP contribution < -0.4 is 58.2 Å². The van der Waals surface area contributed by atoms with E-state index in [1.54, 1.807) is 62.4 Å². The monoisotopic (exact) mass is 817 g/mol. The van der Waals surface area contributed by atoms with E-state index in [-0.39, 0.29) is 98.5 Å². The molecule has 6 rings (SSSR count). The third kappa shape index (κ3) is 11.1. The molecule has 55 heavy (non-hydrogen) atoms. The Balaban J connectivity index is 0.000000360. The first-order valence-corrected chi connectivity index (χ1v) is 17.8. The van der Waals surface area contributed by atoms with Crippen molar-refractivity contribution >= 4 is 42.8 Å². The molecule has 0 aliphatic heterocycles. The molecule has 0 bridgehead atoms. The Morgan fingerprint density at radius 1 is 0.582 bits per heavy atom. The number of nitrogens with two attached hydrogens (primary N) is 2. The van der Waals surface area contributed by atoms with Crippen molar-refractivity contribution in [1.82, 2.24) is 19.6 Å². The van der Waals surface area contributed by atoms with Crippen molar-refractivity contribution in [3.05, 3.63) is 108 Å². The van der Waals surface area contributed by atoms with Gasteiger partial charge in [-0.2, -0.15) is 10.2 Å². The van der Waals surface area contributed by atoms with Crippen LogP contribution in [0.25, 0.3) is 11.4 Å². The van der Waals surface area contributed by atoms with E-state index >= 15 is 0 Å². The minimum Gasteiger partial charge on any atom is -0.857 e. The van der Waals surface area contributed by atoms with Gasteiger partial charge < -0.3 is 20.4 Å². The van der Waals surface area contributed by atoms with E-state index in [9.17, 15) is 37.3 Å². The minimum atomic E-state index is -3.96. The van der Waals surface area contributed by atoms with Gasteiger partial charge >= 0.3 is 37.7 Å². The first kappa shape index (κ1) is 46.4. The van der Waals surface area contributed by atoms with Gasteiger partial charge in [0, 0.05) is 28.5 Å². The van der Waals surface area contributed by atoms with Crippen LogP contribution in [0.15, 0.2) is 127 Å². The normalized spacial score (nSPS) is 11.3. The Labute approximate surface area is 349 Å². The maximum Gasteiger partial charge on any atom is 1.00 e. The average Bonchev–Trinajstić information content (AvgIpc) is 3.56. The summed E-state index contributed by atoms with van der Waals surface area (Å²) in [6.45, 7) is 3.19. The summed E-state index contributed by atoms with van der Waals surface area (Å²) in [5.41, 5.74) is 1.51. The number of hydrogen-bond acceptors (Lipinski definition) is 14. The topological polar surface area (TPSA) is 292 Å². The van der Waals surface area contributed by atoms with E-state index in [0.29, 0.717) is 22.8 Å². The molecule has 0 aliphatic rings. The van der Waals surface area contributed by atoms with Gasteiger partial charge in [0.05, 0.1) is 32.6 Å². The van der Waals surface area contributed by atoms with E-state index in [1.807, 2.05) is 12.1 Å². The van der Waals surface area contributed by atoms with Crippen LogP contribution in [0, 0.1) is 13.8 Å². The largest absolute Gasteiger partial charge is 1.00 e. The molecule has 1 radical (unpaired) electrons. The molecule has 18 nitrogen and oxygen atoms in total. The molecule has 0 aliphatic carbocycles. The summed E-state index contributed by atoms with van der Waals surface area (Å²) in [6, 6.07) is 24.2. The van der Waals surface area contributed by atoms with Gasteiger partial charge in [-0.3, -0.25) is 0 Å². The smallest absolute Gasteiger partial charge is 0.857 e. The second-order valence-electron chi connectivity index (χ2n) is 10.8. The fraction of sp³-hybridized carbons (Fsp3) is 0.0625. The fourth-order valence-corrected chi connectivity index (χ4v) is 5.51. The molecule has 0 spiro atoms. The van der Waals surface area contributed by atoms with Crippen molar-refractivity contribution in [2.75, 3.05) is 0 Å². The molecule has 0 atom stereocenters. The molecular formula is C32H28CoLi2N10O8S2. The molecule has 0 saturated carbocycles. The van der Waals surface area contributed by atoms with Crippen molar-refractivity contribution in [2.24, 2.45) is 30.7 Å². The number of azo groups is 2. The standard InChI is InChI=1S/2C16H15N5O4S.Co.2Li/c2*1-10-15(16(23)21(20-10)11-5-3-2-4-6-11)19-18-13-9-12(26(17,24)25)7-8-14(13)22;;;/h2*2-9,22-23H,1H3,(H2,17,24,25);;;/q;;;2*+1/p-2. The molecule has 2 heterocycles. The van der Waals surface area contributed by atoms with Gasteiger partial charge in [0.2, 0.25) is 20.0 Å². The van der Waals surface area contributed by atoms with Crippen LogP contribution in [0.1, 0.15) is 11.4 Å². The van der Waals surface area contributed by atoms with Crippen molar-refractivity contribution in [1.29, 1.82) is 0 Å². The van der Waals surface area contributed by atoms with Crippen molar-refractivity contribution in [2.45, 2.75) is 23.6 Å². The van der Waals surface area contributed by atoms with Gasteiger partial charge in [0.1, 0.15) is 34.2 Å². The summed E-state index contributed by atoms with van der Waals surface area (Å²) < 4.78 is 48.0. The molecular weight excluding hydrogens is 789 g/mol. The predicted octanol–water partition coefficient (Wildman–Crippen LogP) is -1.95. The Morgan fingerprint density at radius 3 is 1.22 bits per heavy atom. The molecule has 4 aromatic carbocycles. The number of aryl methyl sites for hydroxylation is 2. The summed E-state index contributed by atoms with van der Waals surface area (Å²) in [6.07, 6.45) is 0. The van der Waals surface area contributed by atoms with Crippen molar-refractivity contribution in [3.63, 3.8) is 0 Å². The Kier molecular flexibility index (Phi) is 16.2. The Morgan fingerprint density at radius 2 is 0.909 bits per heavy atom. The van der Waals surface area contributed by atoms with Crippen LogP contribution in [-0.2, 0) is 36.8 Å². The summed E-state index contributed by atoms with van der Waals surface area (Å²) in [4.78, 5) is -0.466. The third-order valence-electron chi connectivity index (χ3n) is 7.04. The summed E-state index contributed by atoms with van der Waals surface area (Å²) in [5.74, 6) is -1.58. The number of benzene rings is 4. The number of phenols is 2. The zero-order chi connectivity index (χ0) is 37.8. The maximum absolute atomic E-state index is 12.5. The summed E-state index contributed by atoms with van der Waals surface area (Å²) >= 11 is 0. The second-order valence-corrected chi connectivity index (χ2v) is 13.9. The third-order valence-corrected chi connectivity index (χ3v) is 8.87. The number of phenolic OH excluding ortho intramolecular Hbond substituents is 2. The summed E-state index contributed by atoms with van der Waals surface area (Å²) in [5, 5.41) is 78.2. The van der Waals surface area contributed by atoms with Crippen LogP contribution in [0.3, 0.4) is 0 Å². The van der Waals surface area contributed by atoms with Crippen molar-refractivity contribution in [3.8, 4) is 34.6 Å². The van der Waals surface area contributed by atoms with E-state index < -0.39 is 31.8 Å². The molecule has 6 aromatic rings. The van der Waals surface area contributed by atoms with Crippen LogP contribution in [0.5, 0.6) is 23.3 Å². The van der Waals surface area contributed by atoms with Gasteiger partial charge in [-0.05, 0) is 74.5 Å². The van der Waals surface area contributed by atoms with E-state index in [4.69, 9.17) is 10.3 Å². The molecule has 0 amide bonds. The molecule has 277 valence electrons. The van der Waals surface area contributed by atoms with E-state index in [2.05, 4.69) is 30.7 Å². The van der Waals surface area contributed by atoms with Gasteiger partial charge in [0.15, 0.2) is 0 Å². The van der Waals surface area contributed by atoms with E-state index in [0.717, 1.165) is 36.4 Å². The average molecular weight is 818 g/mol. The number of nitrogens with zero attached hydrogens (tertiary/aromatic N) is 8. The SMILES string of the molecule is Cc1nn(-c2ccccc2)c([O-])c1N=Nc1cc(S(N)(=O)=O)ccc1O.Cc1nn(-c2ccccc2)c([O-])c1N=Nc1cc(S(N)(=O)=O)ccc1O.[Co].[Li+].[Li+]. The maximum atomic E-state index is 12.5. The minimum absolute atomic E-state index is 0. The quantitative estimate of drug-likeness (QED) is 0.0973. The number of aromatic nitrogens is 4. The Hall–Kier alpha value is -4.78. The number of hydrogen-bond donors (Lipinski definition) is 4. The number of primary sulfonamides is 2. The molecule has 2 aromatic heterocycles. The van der Waals surface area contributed by atoms with Crippen LogP contribution >= 0.6 is 0 Å². The van der Waals surface area contributed by atoms with Crippen LogP contribution in [0.2, 0.25) is 0 Å². The van der Waals surface area contributed by atoms with Crippen molar-refractivity contribution < 1.29 is 91.8 Å². The van der Waals surface area contributed by atoms with Gasteiger partial charge in [-0.25, -0.2) is 36.5 Å². The predicted molar refractivity (Wildman–Crippen MR) is 183 cm³/mol. The summed E-state index contributed by atoms with van der Waals surface area (Å²) in [7, 11) is -7.93. The fourth-order valence-electron chi connectivity index (χ4n) is 4.44. The molecule has 0 saturated heterocycles. The van der Waals surface area contributed by atoms with Gasteiger partial charge in [-0.15, -0.1) is 20.5 Å². The molecule has 6 N–H and O–H groups in total. The number of aromatic hydroxyl groups is 2. The zero-order valence-electron chi connectivity index (χ0n) is 29.5. The van der Waals surface area contributed by atoms with Gasteiger partial charge in [0.25, 0.3) is 0 Å². The van der Waals surface area contributed by atoms with Crippen LogP contribution in [0.4, 0.5) is 22.7 Å². The first-order chi connectivity index (χ1) is 24.5. The van der Waals surface area contributed by atoms with Crippen LogP contribution in [-0.4, -0.2) is 46.6 Å². The van der Waals surface area contributed by atoms with Gasteiger partial charge in [-0.1, -0.05) is 36.4 Å².